The number of imidazole rings is 1. The van der Waals surface area contributed by atoms with E-state index in [9.17, 15) is 19.6 Å². The molecule has 3 rings (SSSR count). The van der Waals surface area contributed by atoms with Gasteiger partial charge in [-0.15, -0.1) is 0 Å². The van der Waals surface area contributed by atoms with Crippen molar-refractivity contribution in [2.24, 2.45) is 20.0 Å². The summed E-state index contributed by atoms with van der Waals surface area (Å²) in [5.74, 6) is 0.340. The third kappa shape index (κ3) is 4.03. The van der Waals surface area contributed by atoms with Crippen molar-refractivity contribution in [1.82, 2.24) is 28.5 Å². The molecule has 0 radical (unpaired) electrons. The van der Waals surface area contributed by atoms with Gasteiger partial charge in [0.15, 0.2) is 11.2 Å². The topological polar surface area (TPSA) is 109 Å². The van der Waals surface area contributed by atoms with E-state index in [1.165, 1.54) is 11.6 Å². The molecule has 1 fully saturated rings. The number of fused-ring (bicyclic) bond motifs is 1. The lowest BCUT2D eigenvalue weighted by atomic mass is 10.0. The monoisotopic (exact) mass is 415 g/mol. The SMILES string of the molecule is CC(C)C(C#N)N1CCN(C(=O)CCCn2cnc3c2c(=O)n(C)c(=O)n3C)CC1. The number of aryl methyl sites for hydroxylation is 2. The molecule has 0 aromatic carbocycles. The quantitative estimate of drug-likeness (QED) is 0.652. The molecular formula is C20H29N7O3. The Labute approximate surface area is 174 Å². The van der Waals surface area contributed by atoms with Gasteiger partial charge in [0.05, 0.1) is 12.4 Å². The van der Waals surface area contributed by atoms with Gasteiger partial charge in [0, 0.05) is 53.2 Å². The van der Waals surface area contributed by atoms with Crippen LogP contribution in [0.1, 0.15) is 26.7 Å². The summed E-state index contributed by atoms with van der Waals surface area (Å²) in [6.07, 6.45) is 2.49. The van der Waals surface area contributed by atoms with Crippen LogP contribution in [0.5, 0.6) is 0 Å². The number of carbonyl (C=O) groups is 1. The molecular weight excluding hydrogens is 386 g/mol. The molecule has 10 heteroatoms. The molecule has 0 N–H and O–H groups in total. The van der Waals surface area contributed by atoms with Gasteiger partial charge in [0.25, 0.3) is 5.56 Å². The molecule has 1 saturated heterocycles. The van der Waals surface area contributed by atoms with Gasteiger partial charge in [-0.1, -0.05) is 13.8 Å². The molecule has 1 aliphatic rings. The minimum atomic E-state index is -0.414. The predicted octanol–water partition coefficient (Wildman–Crippen LogP) is -0.0937. The largest absolute Gasteiger partial charge is 0.340 e. The Morgan fingerprint density at radius 3 is 2.43 bits per heavy atom. The zero-order chi connectivity index (χ0) is 22.0. The van der Waals surface area contributed by atoms with Crippen molar-refractivity contribution in [3.63, 3.8) is 0 Å². The van der Waals surface area contributed by atoms with E-state index >= 15 is 0 Å². The minimum absolute atomic E-state index is 0.0810. The number of piperazine rings is 1. The maximum Gasteiger partial charge on any atom is 0.332 e. The molecule has 10 nitrogen and oxygen atoms in total. The third-order valence-electron chi connectivity index (χ3n) is 5.83. The number of aromatic nitrogens is 4. The van der Waals surface area contributed by atoms with Gasteiger partial charge in [-0.2, -0.15) is 5.26 Å². The van der Waals surface area contributed by atoms with Crippen molar-refractivity contribution >= 4 is 17.1 Å². The van der Waals surface area contributed by atoms with Crippen molar-refractivity contribution in [2.45, 2.75) is 39.3 Å². The van der Waals surface area contributed by atoms with Gasteiger partial charge >= 0.3 is 5.69 Å². The fraction of sp³-hybridized carbons (Fsp3) is 0.650. The minimum Gasteiger partial charge on any atom is -0.340 e. The molecule has 1 unspecified atom stereocenters. The summed E-state index contributed by atoms with van der Waals surface area (Å²) in [7, 11) is 3.03. The van der Waals surface area contributed by atoms with Crippen LogP contribution in [0.2, 0.25) is 0 Å². The van der Waals surface area contributed by atoms with Gasteiger partial charge in [0.1, 0.15) is 6.04 Å². The molecule has 0 spiro atoms. The molecule has 0 saturated carbocycles. The maximum atomic E-state index is 12.6. The first-order valence-corrected chi connectivity index (χ1v) is 10.3. The Kier molecular flexibility index (Phi) is 6.41. The Morgan fingerprint density at radius 2 is 1.83 bits per heavy atom. The Balaban J connectivity index is 1.58. The summed E-state index contributed by atoms with van der Waals surface area (Å²) in [6, 6.07) is 2.25. The summed E-state index contributed by atoms with van der Waals surface area (Å²) in [5, 5.41) is 9.35. The molecule has 30 heavy (non-hydrogen) atoms. The van der Waals surface area contributed by atoms with Crippen molar-refractivity contribution < 1.29 is 4.79 Å². The van der Waals surface area contributed by atoms with Gasteiger partial charge in [-0.05, 0) is 12.3 Å². The van der Waals surface area contributed by atoms with Crippen molar-refractivity contribution in [1.29, 1.82) is 5.26 Å². The van der Waals surface area contributed by atoms with E-state index in [0.29, 0.717) is 56.7 Å². The fourth-order valence-corrected chi connectivity index (χ4v) is 4.03. The van der Waals surface area contributed by atoms with E-state index in [1.54, 1.807) is 17.9 Å². The average Bonchev–Trinajstić information content (AvgIpc) is 3.15. The van der Waals surface area contributed by atoms with Crippen molar-refractivity contribution in [3.8, 4) is 6.07 Å². The lowest BCUT2D eigenvalue weighted by Crippen LogP contribution is -2.52. The number of nitrogens with zero attached hydrogens (tertiary/aromatic N) is 7. The highest BCUT2D eigenvalue weighted by Gasteiger charge is 2.27. The van der Waals surface area contributed by atoms with E-state index in [1.807, 2.05) is 18.7 Å². The lowest BCUT2D eigenvalue weighted by Gasteiger charge is -2.38. The first kappa shape index (κ1) is 21.8. The zero-order valence-corrected chi connectivity index (χ0v) is 18.0. The Morgan fingerprint density at radius 1 is 1.17 bits per heavy atom. The average molecular weight is 415 g/mol. The number of nitriles is 1. The number of hydrogen-bond acceptors (Lipinski definition) is 6. The van der Waals surface area contributed by atoms with E-state index in [2.05, 4.69) is 16.0 Å². The second-order valence-electron chi connectivity index (χ2n) is 8.15. The van der Waals surface area contributed by atoms with Crippen LogP contribution >= 0.6 is 0 Å². The molecule has 1 aliphatic heterocycles. The highest BCUT2D eigenvalue weighted by atomic mass is 16.2. The second-order valence-corrected chi connectivity index (χ2v) is 8.15. The summed E-state index contributed by atoms with van der Waals surface area (Å²) in [6.45, 7) is 7.21. The number of hydrogen-bond donors (Lipinski definition) is 0. The van der Waals surface area contributed by atoms with E-state index < -0.39 is 5.69 Å². The van der Waals surface area contributed by atoms with Gasteiger partial charge < -0.3 is 9.47 Å². The predicted molar refractivity (Wildman–Crippen MR) is 112 cm³/mol. The van der Waals surface area contributed by atoms with Crippen LogP contribution in [0.3, 0.4) is 0 Å². The Hall–Kier alpha value is -2.93. The highest BCUT2D eigenvalue weighted by Crippen LogP contribution is 2.14. The van der Waals surface area contributed by atoms with Crippen LogP contribution in [-0.4, -0.2) is 66.6 Å². The van der Waals surface area contributed by atoms with Gasteiger partial charge in [-0.3, -0.25) is 23.6 Å². The number of rotatable bonds is 6. The normalized spacial score (nSPS) is 16.2. The van der Waals surface area contributed by atoms with Gasteiger partial charge in [0.2, 0.25) is 5.91 Å². The first-order valence-electron chi connectivity index (χ1n) is 10.3. The molecule has 3 heterocycles. The number of carbonyl (C=O) groups excluding carboxylic acids is 1. The Bertz CT molecular complexity index is 1080. The van der Waals surface area contributed by atoms with Gasteiger partial charge in [-0.25, -0.2) is 9.78 Å². The third-order valence-corrected chi connectivity index (χ3v) is 5.83. The van der Waals surface area contributed by atoms with E-state index in [4.69, 9.17) is 0 Å². The van der Waals surface area contributed by atoms with Crippen molar-refractivity contribution in [2.75, 3.05) is 26.2 Å². The summed E-state index contributed by atoms with van der Waals surface area (Å²) >= 11 is 0. The standard InChI is InChI=1S/C20H29N7O3/c1-14(2)15(12-21)25-8-10-26(11-9-25)16(28)6-5-7-27-13-22-18-17(27)19(29)24(4)20(30)23(18)3/h13-15H,5-11H2,1-4H3. The molecule has 2 aromatic rings. The van der Waals surface area contributed by atoms with Crippen LogP contribution in [0.25, 0.3) is 11.2 Å². The molecule has 1 atom stereocenters. The van der Waals surface area contributed by atoms with Crippen LogP contribution in [0.4, 0.5) is 0 Å². The molecule has 2 aromatic heterocycles. The van der Waals surface area contributed by atoms with E-state index in [-0.39, 0.29) is 23.4 Å². The molecule has 162 valence electrons. The molecule has 1 amide bonds. The van der Waals surface area contributed by atoms with E-state index in [0.717, 1.165) is 4.57 Å². The highest BCUT2D eigenvalue weighted by molar-refractivity contribution is 5.76. The van der Waals surface area contributed by atoms with Crippen LogP contribution in [-0.2, 0) is 25.4 Å². The van der Waals surface area contributed by atoms with Crippen LogP contribution in [0.15, 0.2) is 15.9 Å². The summed E-state index contributed by atoms with van der Waals surface area (Å²) in [5.41, 5.74) is -0.0759. The lowest BCUT2D eigenvalue weighted by molar-refractivity contribution is -0.133. The second kappa shape index (κ2) is 8.83. The summed E-state index contributed by atoms with van der Waals surface area (Å²) < 4.78 is 4.13. The zero-order valence-electron chi connectivity index (χ0n) is 18.0. The number of amides is 1. The first-order chi connectivity index (χ1) is 14.3. The van der Waals surface area contributed by atoms with Crippen LogP contribution in [0, 0.1) is 17.2 Å². The van der Waals surface area contributed by atoms with Crippen molar-refractivity contribution in [3.05, 3.63) is 27.2 Å². The van der Waals surface area contributed by atoms with Crippen LogP contribution < -0.4 is 11.2 Å². The molecule has 0 bridgehead atoms. The molecule has 0 aliphatic carbocycles. The maximum absolute atomic E-state index is 12.6. The summed E-state index contributed by atoms with van der Waals surface area (Å²) in [4.78, 5) is 45.3. The fourth-order valence-electron chi connectivity index (χ4n) is 4.03. The smallest absolute Gasteiger partial charge is 0.332 e.